The van der Waals surface area contributed by atoms with Crippen LogP contribution in [0, 0.1) is 24.4 Å². The van der Waals surface area contributed by atoms with Crippen molar-refractivity contribution in [1.29, 1.82) is 0 Å². The van der Waals surface area contributed by atoms with Crippen molar-refractivity contribution in [3.8, 4) is 50.9 Å². The third kappa shape index (κ3) is 8.69. The van der Waals surface area contributed by atoms with E-state index < -0.39 is 0 Å². The van der Waals surface area contributed by atoms with Crippen molar-refractivity contribution in [2.24, 2.45) is 5.92 Å². The molecule has 0 aliphatic carbocycles. The van der Waals surface area contributed by atoms with Crippen LogP contribution in [0.25, 0.3) is 61.3 Å². The Morgan fingerprint density at radius 3 is 2.02 bits per heavy atom. The number of ether oxygens (including phenoxy) is 1. The molecule has 63 heavy (non-hydrogen) atoms. The summed E-state index contributed by atoms with van der Waals surface area (Å²) in [5, 5.41) is 2.24. The summed E-state index contributed by atoms with van der Waals surface area (Å²) in [5.74, 6) is 2.96. The maximum atomic E-state index is 6.57. The molecule has 0 spiro atoms. The van der Waals surface area contributed by atoms with Crippen molar-refractivity contribution in [3.63, 3.8) is 0 Å². The van der Waals surface area contributed by atoms with Crippen molar-refractivity contribution >= 4 is 21.8 Å². The molecule has 1 unspecified atom stereocenters. The summed E-state index contributed by atoms with van der Waals surface area (Å²) < 4.78 is 12.9. The average Bonchev–Trinajstić information content (AvgIpc) is 3.89. The standard InChI is InChI=1S/C57H54N4O.Pt/c1-38(2)39(3)41-27-28-58-54(33-41)61-52-24-14-13-21-50(52)51-26-25-47(36-53(51)61)62-46-20-15-19-45(35-46)59-29-30-60(37-59)55-48(40-17-11-10-12-18-40)22-16-23-49(55)42-31-43(56(4,5)6)34-44(32-42)57(7,8)9;/h10-34,38-39H,1-9H3;/q-2;. The minimum atomic E-state index is -0.0180. The summed E-state index contributed by atoms with van der Waals surface area (Å²) in [7, 11) is 0. The second-order valence-corrected chi connectivity index (χ2v) is 18.9. The Hall–Kier alpha value is -6.03. The maximum absolute atomic E-state index is 6.57. The van der Waals surface area contributed by atoms with Gasteiger partial charge in [0.1, 0.15) is 5.82 Å². The zero-order valence-electron chi connectivity index (χ0n) is 37.6. The number of imidazole rings is 1. The van der Waals surface area contributed by atoms with E-state index in [0.29, 0.717) is 23.3 Å². The molecular weight excluding hydrogens is 952 g/mol. The molecule has 0 fully saturated rings. The van der Waals surface area contributed by atoms with E-state index in [1.54, 1.807) is 0 Å². The fourth-order valence-corrected chi connectivity index (χ4v) is 8.26. The third-order valence-electron chi connectivity index (χ3n) is 12.2. The van der Waals surface area contributed by atoms with Crippen LogP contribution in [0.15, 0.2) is 152 Å². The zero-order chi connectivity index (χ0) is 43.3. The first-order valence-electron chi connectivity index (χ1n) is 21.7. The third-order valence-corrected chi connectivity index (χ3v) is 12.2. The SMILES string of the molecule is CC(C)C(C)c1ccnc(-n2c3[c-]c(Oc4[c-]c(-n5[c-][n+](-c6c(-c7ccccc7)cccc6-c6cc(C(C)(C)C)cc(C(C)(C)C)c6)cc5)ccc4)ccc3c3ccccc32)c1.[Pt]. The van der Waals surface area contributed by atoms with Gasteiger partial charge in [0.2, 0.25) is 0 Å². The first-order valence-corrected chi connectivity index (χ1v) is 21.7. The molecule has 0 saturated carbocycles. The Morgan fingerprint density at radius 1 is 0.635 bits per heavy atom. The topological polar surface area (TPSA) is 35.9 Å². The Morgan fingerprint density at radius 2 is 1.30 bits per heavy atom. The van der Waals surface area contributed by atoms with E-state index in [2.05, 4.69) is 205 Å². The van der Waals surface area contributed by atoms with Crippen LogP contribution in [0.2, 0.25) is 0 Å². The molecule has 0 bridgehead atoms. The molecule has 0 aliphatic rings. The number of nitrogens with zero attached hydrogens (tertiary/aromatic N) is 4. The van der Waals surface area contributed by atoms with Gasteiger partial charge in [-0.25, -0.2) is 4.98 Å². The van der Waals surface area contributed by atoms with Gasteiger partial charge in [-0.15, -0.1) is 29.7 Å². The van der Waals surface area contributed by atoms with Crippen LogP contribution in [-0.2, 0) is 31.9 Å². The van der Waals surface area contributed by atoms with Gasteiger partial charge in [-0.05, 0) is 90.9 Å². The average molecular weight is 1010 g/mol. The van der Waals surface area contributed by atoms with Crippen molar-refractivity contribution < 1.29 is 30.4 Å². The van der Waals surface area contributed by atoms with Gasteiger partial charge in [-0.2, -0.15) is 18.2 Å². The Kier molecular flexibility index (Phi) is 12.0. The maximum Gasteiger partial charge on any atom is 0.267 e. The molecule has 0 saturated heterocycles. The van der Waals surface area contributed by atoms with Crippen LogP contribution in [-0.4, -0.2) is 14.1 Å². The van der Waals surface area contributed by atoms with Crippen LogP contribution < -0.4 is 9.30 Å². The summed E-state index contributed by atoms with van der Waals surface area (Å²) in [6.07, 6.45) is 9.69. The zero-order valence-corrected chi connectivity index (χ0v) is 39.9. The van der Waals surface area contributed by atoms with Gasteiger partial charge in [0.25, 0.3) is 6.33 Å². The molecule has 6 heteroatoms. The van der Waals surface area contributed by atoms with E-state index in [9.17, 15) is 0 Å². The Labute approximate surface area is 387 Å². The Bertz CT molecular complexity index is 3040. The summed E-state index contributed by atoms with van der Waals surface area (Å²) in [6.45, 7) is 20.5. The van der Waals surface area contributed by atoms with E-state index in [0.717, 1.165) is 55.7 Å². The largest absolute Gasteiger partial charge is 0.510 e. The number of hydrogen-bond donors (Lipinski definition) is 0. The molecule has 0 radical (unpaired) electrons. The number of pyridine rings is 1. The van der Waals surface area contributed by atoms with Gasteiger partial charge in [0, 0.05) is 56.7 Å². The molecule has 0 amide bonds. The molecule has 9 rings (SSSR count). The van der Waals surface area contributed by atoms with E-state index in [4.69, 9.17) is 9.72 Å². The molecule has 6 aromatic carbocycles. The molecule has 1 atom stereocenters. The van der Waals surface area contributed by atoms with Crippen LogP contribution >= 0.6 is 0 Å². The van der Waals surface area contributed by atoms with Crippen LogP contribution in [0.4, 0.5) is 0 Å². The number of para-hydroxylation sites is 2. The second kappa shape index (κ2) is 17.3. The predicted molar refractivity (Wildman–Crippen MR) is 254 cm³/mol. The van der Waals surface area contributed by atoms with Crippen molar-refractivity contribution in [2.45, 2.75) is 79.1 Å². The summed E-state index contributed by atoms with van der Waals surface area (Å²) >= 11 is 0. The van der Waals surface area contributed by atoms with Gasteiger partial charge in [-0.1, -0.05) is 153 Å². The normalized spacial score (nSPS) is 12.5. The van der Waals surface area contributed by atoms with E-state index >= 15 is 0 Å². The number of benzene rings is 6. The first kappa shape index (κ1) is 43.6. The smallest absolute Gasteiger partial charge is 0.267 e. The summed E-state index contributed by atoms with van der Waals surface area (Å²) in [6, 6.07) is 54.4. The molecular formula is C57H54N4OPt-2. The first-order chi connectivity index (χ1) is 29.7. The molecule has 3 aromatic heterocycles. The number of rotatable bonds is 9. The molecule has 9 aromatic rings. The molecule has 0 N–H and O–H groups in total. The van der Waals surface area contributed by atoms with E-state index in [-0.39, 0.29) is 31.9 Å². The van der Waals surface area contributed by atoms with Gasteiger partial charge < -0.3 is 13.9 Å². The molecule has 3 heterocycles. The van der Waals surface area contributed by atoms with Gasteiger partial charge in [0.15, 0.2) is 0 Å². The summed E-state index contributed by atoms with van der Waals surface area (Å²) in [5.41, 5.74) is 12.3. The summed E-state index contributed by atoms with van der Waals surface area (Å²) in [4.78, 5) is 4.87. The van der Waals surface area contributed by atoms with Crippen molar-refractivity contribution in [1.82, 2.24) is 14.1 Å². The monoisotopic (exact) mass is 1010 g/mol. The number of aromatic nitrogens is 4. The quantitative estimate of drug-likeness (QED) is 0.107. The van der Waals surface area contributed by atoms with Crippen molar-refractivity contribution in [2.75, 3.05) is 0 Å². The Balaban J connectivity index is 0.00000544. The fraction of sp³-hybridized carbons (Fsp3) is 0.228. The predicted octanol–water partition coefficient (Wildman–Crippen LogP) is 14.1. The molecule has 320 valence electrons. The van der Waals surface area contributed by atoms with E-state index in [1.807, 2.05) is 41.2 Å². The van der Waals surface area contributed by atoms with Gasteiger partial charge in [-0.3, -0.25) is 4.57 Å². The van der Waals surface area contributed by atoms with Gasteiger partial charge in [0.05, 0.1) is 5.69 Å². The second-order valence-electron chi connectivity index (χ2n) is 18.9. The van der Waals surface area contributed by atoms with Crippen LogP contribution in [0.3, 0.4) is 0 Å². The number of fused-ring (bicyclic) bond motifs is 3. The van der Waals surface area contributed by atoms with Crippen molar-refractivity contribution in [3.05, 3.63) is 187 Å². The molecule has 5 nitrogen and oxygen atoms in total. The minimum Gasteiger partial charge on any atom is -0.510 e. The molecule has 0 aliphatic heterocycles. The minimum absolute atomic E-state index is 0. The van der Waals surface area contributed by atoms with Crippen LogP contribution in [0.1, 0.15) is 84.9 Å². The van der Waals surface area contributed by atoms with E-state index in [1.165, 1.54) is 22.3 Å². The fourth-order valence-electron chi connectivity index (χ4n) is 8.26. The number of hydrogen-bond acceptors (Lipinski definition) is 2. The van der Waals surface area contributed by atoms with Crippen LogP contribution in [0.5, 0.6) is 11.5 Å². The van der Waals surface area contributed by atoms with Gasteiger partial charge >= 0.3 is 0 Å².